The van der Waals surface area contributed by atoms with Crippen LogP contribution in [0.5, 0.6) is 5.75 Å². The van der Waals surface area contributed by atoms with Crippen LogP contribution < -0.4 is 81.8 Å². The summed E-state index contributed by atoms with van der Waals surface area (Å²) in [4.78, 5) is 190. The van der Waals surface area contributed by atoms with Gasteiger partial charge in [0.2, 0.25) is 65.0 Å². The second-order valence-corrected chi connectivity index (χ2v) is 23.4. The molecule has 522 valence electrons. The minimum Gasteiger partial charge on any atom is -0.508 e. The van der Waals surface area contributed by atoms with E-state index in [0.29, 0.717) is 24.9 Å². The maximum Gasteiger partial charge on any atom is 0.326 e. The van der Waals surface area contributed by atoms with Crippen molar-refractivity contribution in [3.05, 3.63) is 29.8 Å². The van der Waals surface area contributed by atoms with Gasteiger partial charge in [-0.1, -0.05) is 46.2 Å². The van der Waals surface area contributed by atoms with Gasteiger partial charge in [-0.2, -0.15) is 11.8 Å². The summed E-state index contributed by atoms with van der Waals surface area (Å²) in [5.74, 6) is -17.5. The van der Waals surface area contributed by atoms with E-state index in [4.69, 9.17) is 28.7 Å². The Kier molecular flexibility index (Phi) is 38.0. The first-order valence-electron chi connectivity index (χ1n) is 30.0. The van der Waals surface area contributed by atoms with E-state index in [9.17, 15) is 92.7 Å². The average Bonchev–Trinajstić information content (AvgIpc) is 0.943. The smallest absolute Gasteiger partial charge is 0.326 e. The van der Waals surface area contributed by atoms with Crippen LogP contribution in [0.3, 0.4) is 0 Å². The lowest BCUT2D eigenvalue weighted by Crippen LogP contribution is -2.62. The predicted molar refractivity (Wildman–Crippen MR) is 337 cm³/mol. The Morgan fingerprint density at radius 3 is 1.57 bits per heavy atom. The van der Waals surface area contributed by atoms with Gasteiger partial charge in [0.25, 0.3) is 0 Å². The highest BCUT2D eigenvalue weighted by Crippen LogP contribution is 2.15. The summed E-state index contributed by atoms with van der Waals surface area (Å²) in [6.07, 6.45) is -2.81. The third-order valence-corrected chi connectivity index (χ3v) is 14.7. The van der Waals surface area contributed by atoms with Gasteiger partial charge in [-0.25, -0.2) is 4.79 Å². The largest absolute Gasteiger partial charge is 0.508 e. The molecule has 0 heterocycles. The number of primary amides is 1. The molecule has 25 N–H and O–H groups in total. The number of aliphatic hydroxyl groups is 1. The average molecular weight is 1340 g/mol. The first kappa shape index (κ1) is 82.1. The number of guanidine groups is 1. The second-order valence-electron chi connectivity index (χ2n) is 22.5. The number of carbonyl (C=O) groups excluding carboxylic acids is 11. The lowest BCUT2D eigenvalue weighted by Gasteiger charge is -2.29. The number of rotatable bonds is 46. The molecule has 93 heavy (non-hydrogen) atoms. The number of aliphatic carboxylic acids is 3. The number of phenols is 1. The molecule has 0 fully saturated rings. The molecule has 36 heteroatoms. The molecule has 0 saturated heterocycles. The fourth-order valence-corrected chi connectivity index (χ4v) is 9.28. The summed E-state index contributed by atoms with van der Waals surface area (Å²) in [5, 5.41) is 72.8. The van der Waals surface area contributed by atoms with Crippen LogP contribution in [0.4, 0.5) is 0 Å². The minimum absolute atomic E-state index is 0.0139. The summed E-state index contributed by atoms with van der Waals surface area (Å²) in [5.41, 5.74) is 28.5. The van der Waals surface area contributed by atoms with Crippen molar-refractivity contribution in [3.63, 3.8) is 0 Å². The zero-order chi connectivity index (χ0) is 70.7. The fourth-order valence-electron chi connectivity index (χ4n) is 8.81. The number of aliphatic hydroxyl groups excluding tert-OH is 1. The lowest BCUT2D eigenvalue weighted by atomic mass is 9.96. The van der Waals surface area contributed by atoms with Gasteiger partial charge in [0, 0.05) is 13.0 Å². The quantitative estimate of drug-likeness (QED) is 0.0164. The summed E-state index contributed by atoms with van der Waals surface area (Å²) >= 11 is 1.20. The number of nitrogens with zero attached hydrogens (tertiary/aromatic N) is 1. The first-order valence-corrected chi connectivity index (χ1v) is 31.4. The Balaban J connectivity index is 3.55. The van der Waals surface area contributed by atoms with Gasteiger partial charge in [-0.15, -0.1) is 0 Å². The van der Waals surface area contributed by atoms with Crippen molar-refractivity contribution in [2.24, 2.45) is 45.5 Å². The number of carboxylic acid groups (broad SMARTS) is 3. The molecule has 0 bridgehead atoms. The number of amides is 11. The summed E-state index contributed by atoms with van der Waals surface area (Å²) < 4.78 is 0. The fraction of sp³-hybridized carbons (Fsp3) is 0.632. The number of carbonyl (C=O) groups is 14. The maximum absolute atomic E-state index is 14.2. The summed E-state index contributed by atoms with van der Waals surface area (Å²) in [6, 6.07) is -10.5. The number of carboxylic acids is 3. The van der Waals surface area contributed by atoms with Crippen molar-refractivity contribution >= 4 is 101 Å². The van der Waals surface area contributed by atoms with Gasteiger partial charge in [0.15, 0.2) is 5.96 Å². The third-order valence-electron chi connectivity index (χ3n) is 14.1. The van der Waals surface area contributed by atoms with Crippen molar-refractivity contribution in [2.75, 3.05) is 31.6 Å². The van der Waals surface area contributed by atoms with Crippen LogP contribution in [0, 0.1) is 11.8 Å². The van der Waals surface area contributed by atoms with Crippen molar-refractivity contribution in [2.45, 2.75) is 185 Å². The Morgan fingerprint density at radius 2 is 1.05 bits per heavy atom. The number of hydrogen-bond donors (Lipinski definition) is 20. The SMILES string of the molecule is CCC(C)C(NC(=O)C(CC(=O)O)NC(=O)C(NC(=O)C(N)Cc1ccc(O)cc1)C(C)O)C(=O)NC(CCC(=O)O)C(=O)NC(CCSC)C(=O)NC(CC(N)=O)C(=O)NC(CCCN=C(N)N)C(=O)NC(CC(C)C)C(=O)NCC(=O)NC(CCCCN)C(=O)O. The number of thioether (sulfide) groups is 1. The number of nitrogens with two attached hydrogens (primary N) is 5. The van der Waals surface area contributed by atoms with Crippen LogP contribution in [0.15, 0.2) is 29.3 Å². The molecule has 12 atom stereocenters. The highest BCUT2D eigenvalue weighted by Gasteiger charge is 2.38. The van der Waals surface area contributed by atoms with Crippen LogP contribution in [0.2, 0.25) is 0 Å². The molecule has 0 aliphatic carbocycles. The van der Waals surface area contributed by atoms with Crippen LogP contribution in [0.25, 0.3) is 0 Å². The van der Waals surface area contributed by atoms with Crippen LogP contribution in [0.1, 0.15) is 117 Å². The van der Waals surface area contributed by atoms with Gasteiger partial charge in [-0.05, 0) is 113 Å². The molecule has 1 aromatic carbocycles. The minimum atomic E-state index is -1.98. The van der Waals surface area contributed by atoms with Crippen molar-refractivity contribution < 1.29 is 92.7 Å². The molecule has 0 saturated carbocycles. The molecule has 0 aliphatic rings. The highest BCUT2D eigenvalue weighted by molar-refractivity contribution is 7.98. The number of aromatic hydroxyl groups is 1. The molecule has 0 radical (unpaired) electrons. The van der Waals surface area contributed by atoms with E-state index in [-0.39, 0.29) is 74.9 Å². The molecular weight excluding hydrogens is 1240 g/mol. The van der Waals surface area contributed by atoms with E-state index in [2.05, 4.69) is 58.2 Å². The van der Waals surface area contributed by atoms with E-state index in [0.717, 1.165) is 6.92 Å². The Morgan fingerprint density at radius 1 is 0.559 bits per heavy atom. The normalized spacial score (nSPS) is 14.9. The molecule has 0 aliphatic heterocycles. The maximum atomic E-state index is 14.2. The van der Waals surface area contributed by atoms with Crippen molar-refractivity contribution in [1.29, 1.82) is 0 Å². The van der Waals surface area contributed by atoms with Crippen molar-refractivity contribution in [1.82, 2.24) is 53.2 Å². The second kappa shape index (κ2) is 43.0. The molecule has 35 nitrogen and oxygen atoms in total. The topological polar surface area (TPSA) is 603 Å². The molecule has 12 unspecified atom stereocenters. The lowest BCUT2D eigenvalue weighted by molar-refractivity contribution is -0.142. The van der Waals surface area contributed by atoms with E-state index in [1.165, 1.54) is 43.0 Å². The number of benzene rings is 1. The van der Waals surface area contributed by atoms with Gasteiger partial charge < -0.3 is 107 Å². The van der Waals surface area contributed by atoms with Crippen LogP contribution in [-0.2, 0) is 73.5 Å². The van der Waals surface area contributed by atoms with Gasteiger partial charge in [-0.3, -0.25) is 67.3 Å². The third kappa shape index (κ3) is 32.8. The van der Waals surface area contributed by atoms with E-state index >= 15 is 0 Å². The first-order chi connectivity index (χ1) is 43.6. The van der Waals surface area contributed by atoms with Crippen molar-refractivity contribution in [3.8, 4) is 5.75 Å². The van der Waals surface area contributed by atoms with E-state index < -0.39 is 188 Å². The predicted octanol–water partition coefficient (Wildman–Crippen LogP) is -5.55. The number of nitrogens with one attached hydrogen (secondary N) is 10. The number of hydrogen-bond acceptors (Lipinski definition) is 20. The van der Waals surface area contributed by atoms with E-state index in [1.807, 2.05) is 0 Å². The van der Waals surface area contributed by atoms with Crippen LogP contribution in [-0.4, -0.2) is 213 Å². The molecule has 1 aromatic rings. The standard InChI is InChI=1S/C57H94N16O19S/c1-7-29(4)45(72-53(88)40(26-44(80)81)71-55(90)46(30(5)74)73-47(82)33(59)24-31-13-15-32(75)16-14-31)54(89)68-35(17-18-43(78)79)50(85)67-36(19-22-93-6)51(86)70-39(25-41(60)76)52(87)66-34(12-10-21-63-57(61)62)49(84)69-38(23-28(2)3)48(83)64-27-42(77)65-37(56(91)92)11-8-9-20-58/h13-16,28-30,33-40,45-46,74-75H,7-12,17-27,58-59H2,1-6H3,(H2,60,76)(H,64,83)(H,65,77)(H,66,87)(H,67,85)(H,68,89)(H,69,84)(H,70,86)(H,71,90)(H,72,88)(H,73,82)(H,78,79)(H,80,81)(H,91,92)(H4,61,62,63). The Labute approximate surface area is 541 Å². The highest BCUT2D eigenvalue weighted by atomic mass is 32.2. The van der Waals surface area contributed by atoms with Gasteiger partial charge in [0.05, 0.1) is 31.5 Å². The zero-order valence-corrected chi connectivity index (χ0v) is 53.8. The zero-order valence-electron chi connectivity index (χ0n) is 53.0. The van der Waals surface area contributed by atoms with E-state index in [1.54, 1.807) is 27.0 Å². The molecule has 1 rings (SSSR count). The number of unbranched alkanes of at least 4 members (excludes halogenated alkanes) is 1. The molecule has 0 spiro atoms. The molecular formula is C57H94N16O19S. The van der Waals surface area contributed by atoms with Gasteiger partial charge in [0.1, 0.15) is 60.1 Å². The Bertz CT molecular complexity index is 2740. The van der Waals surface area contributed by atoms with Crippen LogP contribution >= 0.6 is 11.8 Å². The van der Waals surface area contributed by atoms with Gasteiger partial charge >= 0.3 is 17.9 Å². The Hall–Kier alpha value is -8.90. The number of aliphatic imine (C=N–C) groups is 1. The molecule has 0 aromatic heterocycles. The molecule has 11 amide bonds. The summed E-state index contributed by atoms with van der Waals surface area (Å²) in [6.45, 7) is 7.18. The summed E-state index contributed by atoms with van der Waals surface area (Å²) in [7, 11) is 0. The monoisotopic (exact) mass is 1340 g/mol. The number of phenolic OH excluding ortho intramolecular Hbond substituents is 1.